The van der Waals surface area contributed by atoms with Crippen LogP contribution in [-0.2, 0) is 0 Å². The van der Waals surface area contributed by atoms with Crippen LogP contribution in [0.2, 0.25) is 0 Å². The van der Waals surface area contributed by atoms with Gasteiger partial charge in [-0.25, -0.2) is 0 Å². The first-order chi connectivity index (χ1) is 9.38. The molecule has 0 heterocycles. The Morgan fingerprint density at radius 1 is 0.789 bits per heavy atom. The van der Waals surface area contributed by atoms with Gasteiger partial charge in [0.15, 0.2) is 0 Å². The molecule has 0 amide bonds. The molecule has 4 aliphatic rings. The lowest BCUT2D eigenvalue weighted by atomic mass is 9.63. The lowest BCUT2D eigenvalue weighted by Crippen LogP contribution is -2.29. The predicted octanol–water partition coefficient (Wildman–Crippen LogP) is 4.82. The van der Waals surface area contributed by atoms with E-state index in [4.69, 9.17) is 0 Å². The molecule has 0 heteroatoms. The van der Waals surface area contributed by atoms with Crippen molar-refractivity contribution < 1.29 is 0 Å². The highest BCUT2D eigenvalue weighted by Gasteiger charge is 2.37. The Labute approximate surface area is 114 Å². The molecule has 94 valence electrons. The molecule has 0 saturated carbocycles. The minimum Gasteiger partial charge on any atom is -0.0651 e. The summed E-state index contributed by atoms with van der Waals surface area (Å²) in [5.74, 6) is 1.12. The van der Waals surface area contributed by atoms with Crippen LogP contribution in [0.15, 0.2) is 82.5 Å². The lowest BCUT2D eigenvalue weighted by molar-refractivity contribution is 0.557. The number of hydrogen-bond acceptors (Lipinski definition) is 0. The minimum absolute atomic E-state index is 0.557. The summed E-state index contributed by atoms with van der Waals surface area (Å²) in [5, 5.41) is 0. The first-order valence-corrected chi connectivity index (χ1v) is 7.27. The zero-order valence-electron chi connectivity index (χ0n) is 11.3. The summed E-state index contributed by atoms with van der Waals surface area (Å²) in [6.45, 7) is 2.26. The molecule has 0 saturated heterocycles. The van der Waals surface area contributed by atoms with E-state index in [2.05, 4.69) is 61.6 Å². The van der Waals surface area contributed by atoms with Gasteiger partial charge in [0.2, 0.25) is 0 Å². The van der Waals surface area contributed by atoms with Crippen LogP contribution in [0.4, 0.5) is 0 Å². The largest absolute Gasteiger partial charge is 0.0651 e. The topological polar surface area (TPSA) is 0 Å². The number of rotatable bonds is 2. The quantitative estimate of drug-likeness (QED) is 0.655. The average molecular weight is 246 g/mol. The molecular weight excluding hydrogens is 228 g/mol. The Hall–Kier alpha value is -1.82. The van der Waals surface area contributed by atoms with E-state index in [0.29, 0.717) is 11.8 Å². The summed E-state index contributed by atoms with van der Waals surface area (Å²) in [5.41, 5.74) is 7.52. The Bertz CT molecular complexity index is 642. The summed E-state index contributed by atoms with van der Waals surface area (Å²) in [6.07, 6.45) is 23.1. The zero-order chi connectivity index (χ0) is 12.8. The van der Waals surface area contributed by atoms with Crippen molar-refractivity contribution in [1.29, 1.82) is 0 Å². The van der Waals surface area contributed by atoms with Gasteiger partial charge in [0.1, 0.15) is 0 Å². The standard InChI is InChI=1S/C19H18/c1-2-4-13-7-8-16-10-9-14-5-3-6-15-11-12-17(13)19(16)18(14)15/h3,5-12,18-19H,2,4H2,1H3. The van der Waals surface area contributed by atoms with Gasteiger partial charge in [-0.15, -0.1) is 0 Å². The Kier molecular flexibility index (Phi) is 2.38. The first-order valence-electron chi connectivity index (χ1n) is 7.27. The van der Waals surface area contributed by atoms with Crippen molar-refractivity contribution in [3.8, 4) is 0 Å². The molecule has 0 bridgehead atoms. The third kappa shape index (κ3) is 1.53. The molecule has 0 aliphatic heterocycles. The highest BCUT2D eigenvalue weighted by molar-refractivity contribution is 5.61. The van der Waals surface area contributed by atoms with Crippen molar-refractivity contribution in [3.05, 3.63) is 82.5 Å². The second kappa shape index (κ2) is 4.09. The van der Waals surface area contributed by atoms with Crippen LogP contribution in [0.3, 0.4) is 0 Å². The van der Waals surface area contributed by atoms with Crippen molar-refractivity contribution in [2.75, 3.05) is 0 Å². The maximum atomic E-state index is 2.36. The molecule has 2 atom stereocenters. The molecule has 0 aromatic rings. The highest BCUT2D eigenvalue weighted by atomic mass is 14.4. The first kappa shape index (κ1) is 11.0. The van der Waals surface area contributed by atoms with Crippen molar-refractivity contribution in [3.63, 3.8) is 0 Å². The number of hydrogen-bond donors (Lipinski definition) is 0. The monoisotopic (exact) mass is 246 g/mol. The van der Waals surface area contributed by atoms with Gasteiger partial charge in [-0.1, -0.05) is 68.0 Å². The summed E-state index contributed by atoms with van der Waals surface area (Å²) in [7, 11) is 0. The van der Waals surface area contributed by atoms with Gasteiger partial charge >= 0.3 is 0 Å². The van der Waals surface area contributed by atoms with Gasteiger partial charge in [0, 0.05) is 11.8 Å². The smallest absolute Gasteiger partial charge is 0.0201 e. The third-order valence-electron chi connectivity index (χ3n) is 4.61. The van der Waals surface area contributed by atoms with Crippen LogP contribution in [0, 0.1) is 11.8 Å². The molecule has 0 aromatic carbocycles. The zero-order valence-corrected chi connectivity index (χ0v) is 11.3. The van der Waals surface area contributed by atoms with Gasteiger partial charge in [0.25, 0.3) is 0 Å². The summed E-state index contributed by atoms with van der Waals surface area (Å²) in [6, 6.07) is 0. The fourth-order valence-corrected chi connectivity index (χ4v) is 3.77. The van der Waals surface area contributed by atoms with E-state index < -0.39 is 0 Å². The van der Waals surface area contributed by atoms with E-state index in [1.54, 1.807) is 5.57 Å². The molecule has 0 spiro atoms. The Morgan fingerprint density at radius 3 is 2.37 bits per heavy atom. The van der Waals surface area contributed by atoms with Gasteiger partial charge in [-0.05, 0) is 34.3 Å². The van der Waals surface area contributed by atoms with E-state index in [9.17, 15) is 0 Å². The Morgan fingerprint density at radius 2 is 1.53 bits per heavy atom. The minimum atomic E-state index is 0.557. The lowest BCUT2D eigenvalue weighted by Gasteiger charge is -2.40. The molecule has 0 fully saturated rings. The molecule has 0 aromatic heterocycles. The van der Waals surface area contributed by atoms with Crippen LogP contribution in [0.1, 0.15) is 19.8 Å². The molecule has 4 rings (SSSR count). The van der Waals surface area contributed by atoms with Gasteiger partial charge in [-0.3, -0.25) is 0 Å². The van der Waals surface area contributed by atoms with E-state index >= 15 is 0 Å². The van der Waals surface area contributed by atoms with Crippen LogP contribution < -0.4 is 0 Å². The third-order valence-corrected chi connectivity index (χ3v) is 4.61. The van der Waals surface area contributed by atoms with Crippen LogP contribution in [-0.4, -0.2) is 0 Å². The van der Waals surface area contributed by atoms with E-state index in [1.807, 2.05) is 0 Å². The maximum absolute atomic E-state index is 2.36. The van der Waals surface area contributed by atoms with Crippen molar-refractivity contribution in [1.82, 2.24) is 0 Å². The fourth-order valence-electron chi connectivity index (χ4n) is 3.77. The Balaban J connectivity index is 1.92. The molecule has 2 unspecified atom stereocenters. The van der Waals surface area contributed by atoms with Crippen molar-refractivity contribution in [2.24, 2.45) is 11.8 Å². The van der Waals surface area contributed by atoms with E-state index in [-0.39, 0.29) is 0 Å². The SMILES string of the molecule is CCCC1=C2C=CC3=CC=CC4=CC=C(C=C1)C2C34. The van der Waals surface area contributed by atoms with Crippen LogP contribution >= 0.6 is 0 Å². The number of allylic oxidation sites excluding steroid dienone is 14. The molecule has 0 N–H and O–H groups in total. The molecule has 0 radical (unpaired) electrons. The average Bonchev–Trinajstić information content (AvgIpc) is 2.46. The predicted molar refractivity (Wildman–Crippen MR) is 80.6 cm³/mol. The molecule has 19 heavy (non-hydrogen) atoms. The van der Waals surface area contributed by atoms with Crippen molar-refractivity contribution in [2.45, 2.75) is 19.8 Å². The molecule has 0 nitrogen and oxygen atoms in total. The second-order valence-corrected chi connectivity index (χ2v) is 5.71. The molecule has 4 aliphatic carbocycles. The highest BCUT2D eigenvalue weighted by Crippen LogP contribution is 2.49. The summed E-state index contributed by atoms with van der Waals surface area (Å²) >= 11 is 0. The van der Waals surface area contributed by atoms with Crippen molar-refractivity contribution >= 4 is 0 Å². The molecular formula is C19H18. The van der Waals surface area contributed by atoms with Crippen LogP contribution in [0.5, 0.6) is 0 Å². The van der Waals surface area contributed by atoms with E-state index in [0.717, 1.165) is 0 Å². The second-order valence-electron chi connectivity index (χ2n) is 5.71. The van der Waals surface area contributed by atoms with Gasteiger partial charge in [-0.2, -0.15) is 0 Å². The summed E-state index contributed by atoms with van der Waals surface area (Å²) < 4.78 is 0. The van der Waals surface area contributed by atoms with Gasteiger partial charge in [0.05, 0.1) is 0 Å². The maximum Gasteiger partial charge on any atom is 0.0201 e. The fraction of sp³-hybridized carbons (Fsp3) is 0.263. The van der Waals surface area contributed by atoms with Gasteiger partial charge < -0.3 is 0 Å². The normalized spacial score (nSPS) is 29.8. The van der Waals surface area contributed by atoms with Crippen LogP contribution in [0.25, 0.3) is 0 Å². The summed E-state index contributed by atoms with van der Waals surface area (Å²) in [4.78, 5) is 0. The van der Waals surface area contributed by atoms with E-state index in [1.165, 1.54) is 35.1 Å².